The van der Waals surface area contributed by atoms with Crippen LogP contribution in [0.15, 0.2) is 42.0 Å². The normalized spacial score (nSPS) is 47.5. The van der Waals surface area contributed by atoms with E-state index >= 15 is 0 Å². The highest BCUT2D eigenvalue weighted by Gasteiger charge is 2.79. The van der Waals surface area contributed by atoms with Gasteiger partial charge in [-0.3, -0.25) is 4.90 Å². The quantitative estimate of drug-likeness (QED) is 0.418. The molecular weight excluding hydrogens is 498 g/mol. The first-order chi connectivity index (χ1) is 18.9. The topological polar surface area (TPSA) is 86.7 Å². The number of nitrogens with zero attached hydrogens (tertiary/aromatic N) is 1. The molecule has 8 heteroatoms. The van der Waals surface area contributed by atoms with E-state index < -0.39 is 12.2 Å². The van der Waals surface area contributed by atoms with E-state index in [1.807, 2.05) is 25.3 Å². The summed E-state index contributed by atoms with van der Waals surface area (Å²) in [6.07, 6.45) is 3.05. The zero-order valence-corrected chi connectivity index (χ0v) is 23.3. The Labute approximate surface area is 230 Å². The number of ether oxygens (including phenoxy) is 5. The van der Waals surface area contributed by atoms with Crippen LogP contribution in [0.2, 0.25) is 0 Å². The predicted octanol–water partition coefficient (Wildman–Crippen LogP) is 2.90. The molecule has 39 heavy (non-hydrogen) atoms. The molecule has 5 fully saturated rings. The summed E-state index contributed by atoms with van der Waals surface area (Å²) in [6.45, 7) is 4.68. The molecule has 0 amide bonds. The van der Waals surface area contributed by atoms with Crippen LogP contribution in [0.25, 0.3) is 0 Å². The SMILES string of the molecule is CCN1C[C@]2(COC)CC[C@H](OC)[C@]34C2[C@H](C=C2[C@H]5[C@@H](OC(=O)c6ccccc6)[C@H](C[C@H]53)[C@@H](OC)[C@@H]2O)O[C@@H]14. The number of carbonyl (C=O) groups excluding carboxylic acids is 1. The van der Waals surface area contributed by atoms with Crippen molar-refractivity contribution in [3.05, 3.63) is 47.5 Å². The summed E-state index contributed by atoms with van der Waals surface area (Å²) in [7, 11) is 5.29. The molecule has 3 saturated carbocycles. The van der Waals surface area contributed by atoms with Crippen molar-refractivity contribution in [2.45, 2.75) is 62.9 Å². The average Bonchev–Trinajstić information content (AvgIpc) is 3.33. The lowest BCUT2D eigenvalue weighted by Crippen LogP contribution is -2.71. The summed E-state index contributed by atoms with van der Waals surface area (Å²) < 4.78 is 31.7. The summed E-state index contributed by atoms with van der Waals surface area (Å²) in [5.74, 6) is -0.261. The van der Waals surface area contributed by atoms with Crippen LogP contribution >= 0.6 is 0 Å². The molecule has 8 nitrogen and oxygen atoms in total. The number of aliphatic hydroxyl groups excluding tert-OH is 1. The number of hydrogen-bond acceptors (Lipinski definition) is 8. The summed E-state index contributed by atoms with van der Waals surface area (Å²) in [6, 6.07) is 9.19. The smallest absolute Gasteiger partial charge is 0.338 e. The van der Waals surface area contributed by atoms with Crippen molar-refractivity contribution >= 4 is 5.97 Å². The summed E-state index contributed by atoms with van der Waals surface area (Å²) in [5.41, 5.74) is 1.06. The van der Waals surface area contributed by atoms with E-state index in [1.54, 1.807) is 26.4 Å². The Morgan fingerprint density at radius 3 is 2.64 bits per heavy atom. The number of methoxy groups -OCH3 is 3. The van der Waals surface area contributed by atoms with Gasteiger partial charge in [-0.05, 0) is 49.4 Å². The van der Waals surface area contributed by atoms with E-state index in [2.05, 4.69) is 17.9 Å². The van der Waals surface area contributed by atoms with Gasteiger partial charge in [0.05, 0.1) is 30.5 Å². The number of rotatable bonds is 7. The Bertz CT molecular complexity index is 1140. The molecule has 1 aromatic carbocycles. The Hall–Kier alpha value is -1.81. The molecule has 7 rings (SSSR count). The highest BCUT2D eigenvalue weighted by Crippen LogP contribution is 2.73. The minimum absolute atomic E-state index is 0.00227. The Kier molecular flexibility index (Phi) is 6.27. The number of carbonyl (C=O) groups is 1. The van der Waals surface area contributed by atoms with Crippen molar-refractivity contribution < 1.29 is 33.6 Å². The lowest BCUT2D eigenvalue weighted by Gasteiger charge is -2.64. The van der Waals surface area contributed by atoms with Crippen molar-refractivity contribution in [1.29, 1.82) is 0 Å². The third-order valence-corrected chi connectivity index (χ3v) is 11.4. The van der Waals surface area contributed by atoms with Crippen LogP contribution in [0.3, 0.4) is 0 Å². The molecular formula is C31H41NO7. The van der Waals surface area contributed by atoms with Crippen LogP contribution in [-0.2, 0) is 23.7 Å². The fraction of sp³-hybridized carbons (Fsp3) is 0.710. The van der Waals surface area contributed by atoms with E-state index in [9.17, 15) is 9.90 Å². The van der Waals surface area contributed by atoms with Gasteiger partial charge in [0.25, 0.3) is 0 Å². The molecule has 2 aliphatic heterocycles. The number of esters is 1. The average molecular weight is 540 g/mol. The Morgan fingerprint density at radius 1 is 1.15 bits per heavy atom. The van der Waals surface area contributed by atoms with Gasteiger partial charge in [0.15, 0.2) is 0 Å². The van der Waals surface area contributed by atoms with Gasteiger partial charge < -0.3 is 28.8 Å². The van der Waals surface area contributed by atoms with Crippen LogP contribution < -0.4 is 0 Å². The molecule has 2 heterocycles. The molecule has 1 N–H and O–H groups in total. The first kappa shape index (κ1) is 26.1. The molecule has 1 unspecified atom stereocenters. The third-order valence-electron chi connectivity index (χ3n) is 11.4. The maximum absolute atomic E-state index is 13.4. The maximum Gasteiger partial charge on any atom is 0.338 e. The van der Waals surface area contributed by atoms with Crippen LogP contribution in [0.5, 0.6) is 0 Å². The standard InChI is InChI=1S/C31H41NO7/c1-5-32-15-30(16-35-2)12-11-22(36-3)31-20-13-19-25(39-28(34)17-9-7-6-8-10-17)23(20)18(24(33)26(19)37-4)14-21(27(30)31)38-29(31)32/h6-10,14,19-27,29,33H,5,11-13,15-16H2,1-4H3/t19-,20+,21-,22-,23+,24+,25-,26+,27?,29+,30-,31-/m0/s1. The number of fused-ring (bicyclic) bond motifs is 1. The number of benzene rings is 1. The highest BCUT2D eigenvalue weighted by molar-refractivity contribution is 5.89. The van der Waals surface area contributed by atoms with Crippen LogP contribution in [-0.4, -0.2) is 93.7 Å². The molecule has 0 radical (unpaired) electrons. The summed E-state index contributed by atoms with van der Waals surface area (Å²) in [4.78, 5) is 15.9. The van der Waals surface area contributed by atoms with E-state index in [0.717, 1.165) is 37.9 Å². The lowest BCUT2D eigenvalue weighted by molar-refractivity contribution is -0.246. The number of piperidine rings is 1. The number of likely N-dealkylation sites (tertiary alicyclic amines) is 1. The second kappa shape index (κ2) is 9.36. The van der Waals surface area contributed by atoms with Gasteiger partial charge in [0, 0.05) is 56.5 Å². The molecule has 6 aliphatic rings. The second-order valence-corrected chi connectivity index (χ2v) is 12.6. The van der Waals surface area contributed by atoms with Crippen LogP contribution in [0.1, 0.15) is 36.5 Å². The van der Waals surface area contributed by atoms with E-state index in [4.69, 9.17) is 23.7 Å². The van der Waals surface area contributed by atoms with Crippen molar-refractivity contribution in [2.24, 2.45) is 34.5 Å². The van der Waals surface area contributed by atoms with Crippen molar-refractivity contribution in [1.82, 2.24) is 4.90 Å². The van der Waals surface area contributed by atoms with Gasteiger partial charge in [-0.25, -0.2) is 4.79 Å². The van der Waals surface area contributed by atoms with Gasteiger partial charge in [-0.15, -0.1) is 0 Å². The van der Waals surface area contributed by atoms with E-state index in [-0.39, 0.29) is 65.0 Å². The number of aliphatic hydroxyl groups is 1. The van der Waals surface area contributed by atoms with Crippen molar-refractivity contribution in [3.8, 4) is 0 Å². The predicted molar refractivity (Wildman–Crippen MR) is 142 cm³/mol. The van der Waals surface area contributed by atoms with Gasteiger partial charge >= 0.3 is 5.97 Å². The lowest BCUT2D eigenvalue weighted by atomic mass is 9.46. The monoisotopic (exact) mass is 539 g/mol. The summed E-state index contributed by atoms with van der Waals surface area (Å²) in [5, 5.41) is 11.7. The molecule has 2 saturated heterocycles. The van der Waals surface area contributed by atoms with Gasteiger partial charge in [-0.1, -0.05) is 31.2 Å². The first-order valence-corrected chi connectivity index (χ1v) is 14.5. The fourth-order valence-corrected chi connectivity index (χ4v) is 10.4. The largest absolute Gasteiger partial charge is 0.458 e. The van der Waals surface area contributed by atoms with Crippen LogP contribution in [0.4, 0.5) is 0 Å². The van der Waals surface area contributed by atoms with Gasteiger partial charge in [0.2, 0.25) is 0 Å². The van der Waals surface area contributed by atoms with Crippen LogP contribution in [0, 0.1) is 34.5 Å². The molecule has 0 spiro atoms. The first-order valence-electron chi connectivity index (χ1n) is 14.5. The van der Waals surface area contributed by atoms with Gasteiger partial charge in [-0.2, -0.15) is 0 Å². The van der Waals surface area contributed by atoms with Gasteiger partial charge in [0.1, 0.15) is 18.4 Å². The maximum atomic E-state index is 13.4. The zero-order chi connectivity index (χ0) is 27.1. The van der Waals surface area contributed by atoms with E-state index in [1.165, 1.54) is 0 Å². The zero-order valence-electron chi connectivity index (χ0n) is 23.3. The molecule has 0 aromatic heterocycles. The second-order valence-electron chi connectivity index (χ2n) is 12.6. The number of hydrogen-bond donors (Lipinski definition) is 1. The Morgan fingerprint density at radius 2 is 1.95 bits per heavy atom. The van der Waals surface area contributed by atoms with Crippen molar-refractivity contribution in [3.63, 3.8) is 0 Å². The van der Waals surface area contributed by atoms with E-state index in [0.29, 0.717) is 12.2 Å². The minimum atomic E-state index is -0.762. The molecule has 212 valence electrons. The fourth-order valence-electron chi connectivity index (χ4n) is 10.4. The Balaban J connectivity index is 1.39. The molecule has 4 aliphatic carbocycles. The third kappa shape index (κ3) is 3.30. The van der Waals surface area contributed by atoms with Crippen molar-refractivity contribution in [2.75, 3.05) is 41.0 Å². The highest BCUT2D eigenvalue weighted by atomic mass is 16.6. The molecule has 12 atom stereocenters. The molecule has 1 aromatic rings. The minimum Gasteiger partial charge on any atom is -0.458 e. The molecule has 7 bridgehead atoms. The summed E-state index contributed by atoms with van der Waals surface area (Å²) >= 11 is 0.